The van der Waals surface area contributed by atoms with Gasteiger partial charge in [0.2, 0.25) is 0 Å². The zero-order chi connectivity index (χ0) is 23.4. The number of fused-ring (bicyclic) bond motifs is 3. The van der Waals surface area contributed by atoms with Gasteiger partial charge in [0, 0.05) is 23.4 Å². The molecule has 0 saturated heterocycles. The highest BCUT2D eigenvalue weighted by atomic mass is 35.5. The van der Waals surface area contributed by atoms with Gasteiger partial charge in [-0.25, -0.2) is 4.79 Å². The van der Waals surface area contributed by atoms with Crippen molar-refractivity contribution < 1.29 is 19.4 Å². The monoisotopic (exact) mass is 463 g/mol. The number of alkyl carbamates (subject to hydrolysis) is 1. The normalized spacial score (nSPS) is 13.2. The van der Waals surface area contributed by atoms with E-state index in [1.165, 1.54) is 0 Å². The fourth-order valence-electron chi connectivity index (χ4n) is 4.38. The first-order valence-corrected chi connectivity index (χ1v) is 11.4. The van der Waals surface area contributed by atoms with Crippen LogP contribution in [-0.4, -0.2) is 29.8 Å². The van der Waals surface area contributed by atoms with Crippen LogP contribution in [-0.2, 0) is 16.0 Å². The molecule has 3 aromatic rings. The molecular weight excluding hydrogens is 438 g/mol. The first-order valence-electron chi connectivity index (χ1n) is 11.0. The van der Waals surface area contributed by atoms with Gasteiger partial charge in [0.1, 0.15) is 6.61 Å². The quantitative estimate of drug-likeness (QED) is 0.432. The highest BCUT2D eigenvalue weighted by Gasteiger charge is 2.29. The second kappa shape index (κ2) is 10.1. The molecule has 1 aliphatic carbocycles. The van der Waals surface area contributed by atoms with Crippen molar-refractivity contribution in [2.45, 2.75) is 38.1 Å². The smallest absolute Gasteiger partial charge is 0.407 e. The number of amides is 1. The minimum atomic E-state index is -0.906. The summed E-state index contributed by atoms with van der Waals surface area (Å²) in [5.74, 6) is -0.937. The van der Waals surface area contributed by atoms with Gasteiger partial charge in [-0.05, 0) is 59.2 Å². The lowest BCUT2D eigenvalue weighted by molar-refractivity contribution is -0.137. The Morgan fingerprint density at radius 3 is 2.27 bits per heavy atom. The van der Waals surface area contributed by atoms with Crippen molar-refractivity contribution in [3.63, 3.8) is 0 Å². The zero-order valence-electron chi connectivity index (χ0n) is 18.4. The van der Waals surface area contributed by atoms with Crippen LogP contribution in [0, 0.1) is 6.92 Å². The molecule has 1 unspecified atom stereocenters. The number of carbonyl (C=O) groups excluding carboxylic acids is 1. The maximum Gasteiger partial charge on any atom is 0.407 e. The summed E-state index contributed by atoms with van der Waals surface area (Å²) < 4.78 is 5.63. The third kappa shape index (κ3) is 5.37. The van der Waals surface area contributed by atoms with Crippen LogP contribution < -0.4 is 5.32 Å². The first kappa shape index (κ1) is 22.9. The number of carboxylic acid groups (broad SMARTS) is 1. The van der Waals surface area contributed by atoms with Gasteiger partial charge in [-0.15, -0.1) is 0 Å². The Balaban J connectivity index is 1.43. The van der Waals surface area contributed by atoms with E-state index in [9.17, 15) is 9.59 Å². The van der Waals surface area contributed by atoms with Gasteiger partial charge >= 0.3 is 12.1 Å². The molecule has 0 aromatic heterocycles. The molecule has 33 heavy (non-hydrogen) atoms. The van der Waals surface area contributed by atoms with E-state index in [-0.39, 0.29) is 25.0 Å². The SMILES string of the molecule is Cc1ccc(CC(CCC(=O)O)NC(=O)OCC2c3ccccc3-c3ccccc32)cc1Cl. The Kier molecular flexibility index (Phi) is 6.99. The topological polar surface area (TPSA) is 75.6 Å². The Hall–Kier alpha value is -3.31. The predicted molar refractivity (Wildman–Crippen MR) is 129 cm³/mol. The molecule has 0 aliphatic heterocycles. The molecule has 0 fully saturated rings. The molecule has 0 spiro atoms. The minimum absolute atomic E-state index is 0.0310. The lowest BCUT2D eigenvalue weighted by Gasteiger charge is -2.20. The molecule has 0 saturated carbocycles. The number of aliphatic carboxylic acids is 1. The lowest BCUT2D eigenvalue weighted by Crippen LogP contribution is -2.37. The minimum Gasteiger partial charge on any atom is -0.481 e. The van der Waals surface area contributed by atoms with Gasteiger partial charge in [0.15, 0.2) is 0 Å². The summed E-state index contributed by atoms with van der Waals surface area (Å²) in [7, 11) is 0. The highest BCUT2D eigenvalue weighted by molar-refractivity contribution is 6.31. The average Bonchev–Trinajstić information content (AvgIpc) is 3.12. The number of hydrogen-bond acceptors (Lipinski definition) is 3. The molecule has 1 aliphatic rings. The van der Waals surface area contributed by atoms with Crippen molar-refractivity contribution in [1.82, 2.24) is 5.32 Å². The van der Waals surface area contributed by atoms with Crippen molar-refractivity contribution in [3.8, 4) is 11.1 Å². The molecule has 4 rings (SSSR count). The van der Waals surface area contributed by atoms with Crippen LogP contribution in [0.2, 0.25) is 5.02 Å². The third-order valence-corrected chi connectivity index (χ3v) is 6.50. The number of ether oxygens (including phenoxy) is 1. The van der Waals surface area contributed by atoms with Gasteiger partial charge in [0.05, 0.1) is 0 Å². The van der Waals surface area contributed by atoms with Crippen LogP contribution in [0.15, 0.2) is 66.7 Å². The molecule has 5 nitrogen and oxygen atoms in total. The van der Waals surface area contributed by atoms with Gasteiger partial charge in [-0.1, -0.05) is 72.3 Å². The average molecular weight is 464 g/mol. The Morgan fingerprint density at radius 2 is 1.67 bits per heavy atom. The van der Waals surface area contributed by atoms with E-state index in [0.29, 0.717) is 17.9 Å². The number of halogens is 1. The fourth-order valence-corrected chi connectivity index (χ4v) is 4.58. The second-order valence-electron chi connectivity index (χ2n) is 8.39. The molecule has 0 bridgehead atoms. The summed E-state index contributed by atoms with van der Waals surface area (Å²) in [6, 6.07) is 21.6. The van der Waals surface area contributed by atoms with E-state index in [1.807, 2.05) is 49.4 Å². The summed E-state index contributed by atoms with van der Waals surface area (Å²) in [6.07, 6.45) is 0.168. The Labute approximate surface area is 198 Å². The molecule has 2 N–H and O–H groups in total. The summed E-state index contributed by atoms with van der Waals surface area (Å²) in [6.45, 7) is 2.13. The van der Waals surface area contributed by atoms with Crippen molar-refractivity contribution in [1.29, 1.82) is 0 Å². The van der Waals surface area contributed by atoms with Gasteiger partial charge in [-0.3, -0.25) is 4.79 Å². The number of nitrogens with one attached hydrogen (secondary N) is 1. The fraction of sp³-hybridized carbons (Fsp3) is 0.259. The van der Waals surface area contributed by atoms with Crippen LogP contribution >= 0.6 is 11.6 Å². The van der Waals surface area contributed by atoms with Gasteiger partial charge in [-0.2, -0.15) is 0 Å². The van der Waals surface area contributed by atoms with E-state index in [4.69, 9.17) is 21.4 Å². The molecule has 1 amide bonds. The summed E-state index contributed by atoms with van der Waals surface area (Å²) >= 11 is 6.23. The number of benzene rings is 3. The van der Waals surface area contributed by atoms with Crippen molar-refractivity contribution in [2.24, 2.45) is 0 Å². The van der Waals surface area contributed by atoms with E-state index >= 15 is 0 Å². The van der Waals surface area contributed by atoms with E-state index in [1.54, 1.807) is 0 Å². The number of carboxylic acids is 1. The maximum absolute atomic E-state index is 12.7. The standard InChI is InChI=1S/C27H26ClNO4/c1-17-10-11-18(15-25(17)28)14-19(12-13-26(30)31)29-27(32)33-16-24-22-8-4-2-6-20(22)21-7-3-5-9-23(21)24/h2-11,15,19,24H,12-14,16H2,1H3,(H,29,32)(H,30,31). The predicted octanol–water partition coefficient (Wildman–Crippen LogP) is 5.96. The molecule has 1 atom stereocenters. The number of carbonyl (C=O) groups is 2. The van der Waals surface area contributed by atoms with E-state index < -0.39 is 12.1 Å². The van der Waals surface area contributed by atoms with E-state index in [2.05, 4.69) is 29.6 Å². The van der Waals surface area contributed by atoms with Gasteiger partial charge in [0.25, 0.3) is 0 Å². The largest absolute Gasteiger partial charge is 0.481 e. The van der Waals surface area contributed by atoms with Crippen LogP contribution in [0.5, 0.6) is 0 Å². The number of aryl methyl sites for hydroxylation is 1. The third-order valence-electron chi connectivity index (χ3n) is 6.09. The summed E-state index contributed by atoms with van der Waals surface area (Å²) in [5.41, 5.74) is 6.51. The Morgan fingerprint density at radius 1 is 1.03 bits per heavy atom. The first-order chi connectivity index (χ1) is 15.9. The second-order valence-corrected chi connectivity index (χ2v) is 8.79. The zero-order valence-corrected chi connectivity index (χ0v) is 19.1. The van der Waals surface area contributed by atoms with Crippen molar-refractivity contribution >= 4 is 23.7 Å². The van der Waals surface area contributed by atoms with Crippen LogP contribution in [0.3, 0.4) is 0 Å². The summed E-state index contributed by atoms with van der Waals surface area (Å²) in [5, 5.41) is 12.6. The number of hydrogen-bond donors (Lipinski definition) is 2. The Bertz CT molecular complexity index is 1130. The van der Waals surface area contributed by atoms with Crippen LogP contribution in [0.4, 0.5) is 4.79 Å². The van der Waals surface area contributed by atoms with E-state index in [0.717, 1.165) is 33.4 Å². The lowest BCUT2D eigenvalue weighted by atomic mass is 9.98. The van der Waals surface area contributed by atoms with Gasteiger partial charge < -0.3 is 15.2 Å². The molecular formula is C27H26ClNO4. The molecule has 0 heterocycles. The number of rotatable bonds is 8. The van der Waals surface area contributed by atoms with Crippen LogP contribution in [0.25, 0.3) is 11.1 Å². The molecule has 170 valence electrons. The summed E-state index contributed by atoms with van der Waals surface area (Å²) in [4.78, 5) is 23.8. The van der Waals surface area contributed by atoms with Crippen LogP contribution in [0.1, 0.15) is 41.0 Å². The molecule has 0 radical (unpaired) electrons. The maximum atomic E-state index is 12.7. The van der Waals surface area contributed by atoms with Crippen molar-refractivity contribution in [3.05, 3.63) is 94.0 Å². The molecule has 6 heteroatoms. The molecule has 3 aromatic carbocycles. The van der Waals surface area contributed by atoms with Crippen molar-refractivity contribution in [2.75, 3.05) is 6.61 Å². The highest BCUT2D eigenvalue weighted by Crippen LogP contribution is 2.44.